The molecule has 0 aliphatic heterocycles. The molecule has 1 aliphatic rings. The van der Waals surface area contributed by atoms with Gasteiger partial charge in [-0.3, -0.25) is 13.9 Å². The van der Waals surface area contributed by atoms with Gasteiger partial charge in [-0.2, -0.15) is 13.2 Å². The molecule has 2 aromatic rings. The largest absolute Gasteiger partial charge is 0.416 e. The molecule has 1 saturated carbocycles. The van der Waals surface area contributed by atoms with Gasteiger partial charge in [0.25, 0.3) is 0 Å². The first-order chi connectivity index (χ1) is 17.7. The van der Waals surface area contributed by atoms with Gasteiger partial charge in [0, 0.05) is 12.6 Å². The van der Waals surface area contributed by atoms with Gasteiger partial charge in [0.05, 0.1) is 27.6 Å². The number of carbonyl (C=O) groups is 2. The van der Waals surface area contributed by atoms with Gasteiger partial charge in [0.2, 0.25) is 21.8 Å². The first-order valence-electron chi connectivity index (χ1n) is 11.9. The van der Waals surface area contributed by atoms with E-state index < -0.39 is 46.2 Å². The molecule has 0 heterocycles. The summed E-state index contributed by atoms with van der Waals surface area (Å²) in [5.74, 6) is -1.21. The summed E-state index contributed by atoms with van der Waals surface area (Å²) in [7, 11) is -4.18. The lowest BCUT2D eigenvalue weighted by atomic mass is 10.1. The van der Waals surface area contributed by atoms with E-state index in [2.05, 4.69) is 5.32 Å². The number of hydrogen-bond acceptors (Lipinski definition) is 4. The smallest absolute Gasteiger partial charge is 0.352 e. The third-order valence-electron chi connectivity index (χ3n) is 6.35. The predicted molar refractivity (Wildman–Crippen MR) is 141 cm³/mol. The minimum atomic E-state index is -4.71. The van der Waals surface area contributed by atoms with Crippen LogP contribution in [0, 0.1) is 0 Å². The minimum Gasteiger partial charge on any atom is -0.352 e. The minimum absolute atomic E-state index is 0.0236. The maximum atomic E-state index is 13.6. The predicted octanol–water partition coefficient (Wildman–Crippen LogP) is 5.25. The number of nitrogens with zero attached hydrogens (tertiary/aromatic N) is 2. The van der Waals surface area contributed by atoms with Crippen LogP contribution in [0.15, 0.2) is 42.5 Å². The van der Waals surface area contributed by atoms with Crippen molar-refractivity contribution >= 4 is 50.7 Å². The lowest BCUT2D eigenvalue weighted by Gasteiger charge is -2.32. The van der Waals surface area contributed by atoms with Gasteiger partial charge in [-0.05, 0) is 55.7 Å². The molecule has 38 heavy (non-hydrogen) atoms. The third kappa shape index (κ3) is 7.77. The molecule has 13 heteroatoms. The molecular formula is C25H28Cl2F3N3O4S. The number of benzene rings is 2. The number of alkyl halides is 3. The highest BCUT2D eigenvalue weighted by Gasteiger charge is 2.34. The van der Waals surface area contributed by atoms with E-state index in [0.717, 1.165) is 44.1 Å². The number of rotatable bonds is 9. The van der Waals surface area contributed by atoms with Crippen molar-refractivity contribution in [1.29, 1.82) is 0 Å². The van der Waals surface area contributed by atoms with Gasteiger partial charge in [0.15, 0.2) is 0 Å². The van der Waals surface area contributed by atoms with Gasteiger partial charge in [-0.25, -0.2) is 8.42 Å². The summed E-state index contributed by atoms with van der Waals surface area (Å²) in [6, 6.07) is 7.31. The molecule has 0 spiro atoms. The number of carbonyl (C=O) groups excluding carboxylic acids is 2. The second-order valence-electron chi connectivity index (χ2n) is 9.25. The maximum Gasteiger partial charge on any atom is 0.416 e. The van der Waals surface area contributed by atoms with Gasteiger partial charge in [-0.15, -0.1) is 0 Å². The highest BCUT2D eigenvalue weighted by atomic mass is 35.5. The number of amides is 2. The molecule has 1 N–H and O–H groups in total. The van der Waals surface area contributed by atoms with Crippen molar-refractivity contribution in [3.8, 4) is 0 Å². The molecule has 208 valence electrons. The van der Waals surface area contributed by atoms with Crippen LogP contribution in [0.25, 0.3) is 0 Å². The van der Waals surface area contributed by atoms with Crippen LogP contribution in [0.5, 0.6) is 0 Å². The van der Waals surface area contributed by atoms with Crippen LogP contribution < -0.4 is 9.62 Å². The van der Waals surface area contributed by atoms with Gasteiger partial charge < -0.3 is 10.2 Å². The summed E-state index contributed by atoms with van der Waals surface area (Å²) in [6.07, 6.45) is -0.333. The van der Waals surface area contributed by atoms with Crippen molar-refractivity contribution in [3.05, 3.63) is 63.6 Å². The van der Waals surface area contributed by atoms with Crippen LogP contribution in [0.1, 0.15) is 43.7 Å². The van der Waals surface area contributed by atoms with E-state index in [9.17, 15) is 31.2 Å². The monoisotopic (exact) mass is 593 g/mol. The van der Waals surface area contributed by atoms with Crippen molar-refractivity contribution in [2.45, 2.75) is 57.4 Å². The van der Waals surface area contributed by atoms with E-state index in [0.29, 0.717) is 15.9 Å². The topological polar surface area (TPSA) is 86.8 Å². The molecule has 1 aliphatic carbocycles. The van der Waals surface area contributed by atoms with Crippen molar-refractivity contribution in [2.75, 3.05) is 17.1 Å². The molecule has 0 aromatic heterocycles. The number of sulfonamides is 1. The number of halogens is 5. The lowest BCUT2D eigenvalue weighted by molar-refractivity contribution is -0.139. The Morgan fingerprint density at radius 3 is 2.32 bits per heavy atom. The number of anilines is 1. The fourth-order valence-electron chi connectivity index (χ4n) is 4.26. The fourth-order valence-corrected chi connectivity index (χ4v) is 5.42. The van der Waals surface area contributed by atoms with E-state index in [4.69, 9.17) is 23.2 Å². The molecule has 1 fully saturated rings. The van der Waals surface area contributed by atoms with Crippen LogP contribution in [0.3, 0.4) is 0 Å². The standard InChI is InChI=1S/C25H28Cl2F3N3O4S/c1-16(24(35)31-19-7-3-4-8-19)32(14-17-10-11-21(26)22(27)12-17)23(34)15-33(38(2,36)37)20-9-5-6-18(13-20)25(28,29)30/h5-6,9-13,16,19H,3-4,7-8,14-15H2,1-2H3,(H,31,35). The first kappa shape index (κ1) is 30.0. The van der Waals surface area contributed by atoms with Crippen molar-refractivity contribution in [3.63, 3.8) is 0 Å². The molecule has 7 nitrogen and oxygen atoms in total. The Balaban J connectivity index is 1.93. The number of hydrogen-bond donors (Lipinski definition) is 1. The van der Waals surface area contributed by atoms with Gasteiger partial charge >= 0.3 is 6.18 Å². The Morgan fingerprint density at radius 1 is 1.08 bits per heavy atom. The summed E-state index contributed by atoms with van der Waals surface area (Å²) < 4.78 is 65.6. The Bertz CT molecular complexity index is 1280. The van der Waals surface area contributed by atoms with E-state index in [-0.39, 0.29) is 28.3 Å². The second kappa shape index (κ2) is 12.1. The zero-order valence-corrected chi connectivity index (χ0v) is 23.1. The summed E-state index contributed by atoms with van der Waals surface area (Å²) >= 11 is 12.1. The molecule has 1 atom stereocenters. The van der Waals surface area contributed by atoms with Crippen LogP contribution in [-0.4, -0.2) is 50.0 Å². The maximum absolute atomic E-state index is 13.6. The van der Waals surface area contributed by atoms with Gasteiger partial charge in [-0.1, -0.05) is 48.2 Å². The molecule has 2 aromatic carbocycles. The normalized spacial score (nSPS) is 15.2. The summed E-state index contributed by atoms with van der Waals surface area (Å²) in [5.41, 5.74) is -0.862. The van der Waals surface area contributed by atoms with Gasteiger partial charge in [0.1, 0.15) is 12.6 Å². The van der Waals surface area contributed by atoms with Crippen molar-refractivity contribution in [2.24, 2.45) is 0 Å². The molecule has 0 radical (unpaired) electrons. The number of nitrogens with one attached hydrogen (secondary N) is 1. The quantitative estimate of drug-likeness (QED) is 0.430. The summed E-state index contributed by atoms with van der Waals surface area (Å²) in [4.78, 5) is 27.8. The highest BCUT2D eigenvalue weighted by Crippen LogP contribution is 2.32. The van der Waals surface area contributed by atoms with Crippen LogP contribution in [0.4, 0.5) is 18.9 Å². The molecule has 0 bridgehead atoms. The average molecular weight is 594 g/mol. The average Bonchev–Trinajstić information content (AvgIpc) is 3.34. The summed E-state index contributed by atoms with van der Waals surface area (Å²) in [5, 5.41) is 3.43. The lowest BCUT2D eigenvalue weighted by Crippen LogP contribution is -2.52. The zero-order chi connectivity index (χ0) is 28.3. The fraction of sp³-hybridized carbons (Fsp3) is 0.440. The Kier molecular flexibility index (Phi) is 9.59. The molecule has 1 unspecified atom stereocenters. The van der Waals surface area contributed by atoms with E-state index >= 15 is 0 Å². The third-order valence-corrected chi connectivity index (χ3v) is 8.23. The van der Waals surface area contributed by atoms with Crippen LogP contribution in [-0.2, 0) is 32.3 Å². The highest BCUT2D eigenvalue weighted by molar-refractivity contribution is 7.92. The van der Waals surface area contributed by atoms with Crippen LogP contribution >= 0.6 is 23.2 Å². The molecular weight excluding hydrogens is 566 g/mol. The van der Waals surface area contributed by atoms with Crippen molar-refractivity contribution < 1.29 is 31.2 Å². The Morgan fingerprint density at radius 2 is 1.74 bits per heavy atom. The Labute approximate surface area is 229 Å². The van der Waals surface area contributed by atoms with Crippen molar-refractivity contribution in [1.82, 2.24) is 10.2 Å². The molecule has 0 saturated heterocycles. The SMILES string of the molecule is CC(C(=O)NC1CCCC1)N(Cc1ccc(Cl)c(Cl)c1)C(=O)CN(c1cccc(C(F)(F)F)c1)S(C)(=O)=O. The zero-order valence-electron chi connectivity index (χ0n) is 20.8. The Hall–Kier alpha value is -2.50. The summed E-state index contributed by atoms with van der Waals surface area (Å²) in [6.45, 7) is 0.576. The van der Waals surface area contributed by atoms with Crippen LogP contribution in [0.2, 0.25) is 10.0 Å². The molecule has 3 rings (SSSR count). The van der Waals surface area contributed by atoms with E-state index in [1.54, 1.807) is 6.07 Å². The first-order valence-corrected chi connectivity index (χ1v) is 14.5. The van der Waals surface area contributed by atoms with E-state index in [1.807, 2.05) is 0 Å². The second-order valence-corrected chi connectivity index (χ2v) is 12.0. The molecule has 2 amide bonds. The van der Waals surface area contributed by atoms with E-state index in [1.165, 1.54) is 30.0 Å².